The van der Waals surface area contributed by atoms with Gasteiger partial charge in [0.05, 0.1) is 0 Å². The maximum absolute atomic E-state index is 6.33. The van der Waals surface area contributed by atoms with Crippen molar-refractivity contribution in [3.8, 4) is 28.7 Å². The Labute approximate surface area is 145 Å². The van der Waals surface area contributed by atoms with Crippen molar-refractivity contribution >= 4 is 13.5 Å². The van der Waals surface area contributed by atoms with Gasteiger partial charge in [-0.05, 0) is 0 Å². The van der Waals surface area contributed by atoms with Gasteiger partial charge < -0.3 is 0 Å². The van der Waals surface area contributed by atoms with Crippen LogP contribution in [0.25, 0.3) is 0 Å². The quantitative estimate of drug-likeness (QED) is 0.664. The minimum absolute atomic E-state index is 0.611. The van der Waals surface area contributed by atoms with Crippen LogP contribution in [0.15, 0.2) is 72.8 Å². The van der Waals surface area contributed by atoms with E-state index in [9.17, 15) is 0 Å². The van der Waals surface area contributed by atoms with Crippen LogP contribution in [0.4, 0.5) is 0 Å². The van der Waals surface area contributed by atoms with Crippen LogP contribution in [-0.2, 0) is 0 Å². The molecule has 0 saturated carbocycles. The molecule has 25 heavy (non-hydrogen) atoms. The molecule has 2 heterocycles. The summed E-state index contributed by atoms with van der Waals surface area (Å²) in [6.07, 6.45) is 0. The van der Waals surface area contributed by atoms with Gasteiger partial charge in [0, 0.05) is 0 Å². The predicted octanol–water partition coefficient (Wildman–Crippen LogP) is 3.23. The monoisotopic (exact) mass is 351 g/mol. The third kappa shape index (κ3) is 1.88. The molecule has 5 rings (SSSR count). The first-order valence-electron chi connectivity index (χ1n) is 7.97. The van der Waals surface area contributed by atoms with E-state index in [2.05, 4.69) is 0 Å². The van der Waals surface area contributed by atoms with E-state index >= 15 is 0 Å². The molecule has 0 saturated heterocycles. The summed E-state index contributed by atoms with van der Waals surface area (Å²) in [5, 5.41) is 0.716. The predicted molar refractivity (Wildman–Crippen MR) is 93.8 cm³/mol. The average Bonchev–Trinajstić information content (AvgIpc) is 3.17. The summed E-state index contributed by atoms with van der Waals surface area (Å²) in [5.41, 5.74) is 0. The van der Waals surface area contributed by atoms with E-state index in [1.165, 1.54) is 0 Å². The van der Waals surface area contributed by atoms with Gasteiger partial charge in [-0.2, -0.15) is 0 Å². The number of hydrogen-bond acceptors (Lipinski definition) is 5. The zero-order valence-corrected chi connectivity index (χ0v) is 14.5. The van der Waals surface area contributed by atoms with Crippen LogP contribution in [0.3, 0.4) is 0 Å². The van der Waals surface area contributed by atoms with E-state index in [0.717, 1.165) is 5.75 Å². The number of ether oxygens (including phenoxy) is 1. The first kappa shape index (κ1) is 14.2. The SMILES string of the molecule is COc1ccc([Si-]23(Oc4ccccc4O2)Oc2ccccc2O3)cc1. The molecule has 0 fully saturated rings. The molecule has 0 radical (unpaired) electrons. The Hall–Kier alpha value is -3.12. The zero-order chi connectivity index (χ0) is 16.9. The second kappa shape index (κ2) is 4.70. The van der Waals surface area contributed by atoms with Crippen molar-refractivity contribution in [1.29, 1.82) is 0 Å². The molecule has 2 aliphatic rings. The molecule has 6 heteroatoms. The molecule has 2 aliphatic heterocycles. The second-order valence-electron chi connectivity index (χ2n) is 5.94. The Kier molecular flexibility index (Phi) is 2.68. The Morgan fingerprint density at radius 1 is 0.600 bits per heavy atom. The summed E-state index contributed by atoms with van der Waals surface area (Å²) < 4.78 is 30.6. The number of benzene rings is 3. The van der Waals surface area contributed by atoms with Crippen LogP contribution in [-0.4, -0.2) is 15.4 Å². The molecule has 3 aromatic rings. The minimum atomic E-state index is -4.41. The Morgan fingerprint density at radius 2 is 1.00 bits per heavy atom. The number of fused-ring (bicyclic) bond motifs is 2. The summed E-state index contributed by atoms with van der Waals surface area (Å²) in [6.45, 7) is 0. The maximum atomic E-state index is 6.33. The molecular formula is C19H15O5Si-. The van der Waals surface area contributed by atoms with Crippen molar-refractivity contribution in [1.82, 2.24) is 0 Å². The molecule has 0 atom stereocenters. The average molecular weight is 351 g/mol. The summed E-state index contributed by atoms with van der Waals surface area (Å²) >= 11 is 0. The van der Waals surface area contributed by atoms with Gasteiger partial charge in [0.15, 0.2) is 0 Å². The van der Waals surface area contributed by atoms with Crippen molar-refractivity contribution in [3.05, 3.63) is 72.8 Å². The molecule has 5 nitrogen and oxygen atoms in total. The van der Waals surface area contributed by atoms with E-state index < -0.39 is 8.33 Å². The fraction of sp³-hybridized carbons (Fsp3) is 0.0526. The number of para-hydroxylation sites is 4. The third-order valence-electron chi connectivity index (χ3n) is 4.40. The van der Waals surface area contributed by atoms with Crippen LogP contribution >= 0.6 is 0 Å². The molecule has 0 bridgehead atoms. The Morgan fingerprint density at radius 3 is 1.36 bits per heavy atom. The van der Waals surface area contributed by atoms with Crippen molar-refractivity contribution in [2.75, 3.05) is 7.11 Å². The summed E-state index contributed by atoms with van der Waals surface area (Å²) in [7, 11) is -2.79. The van der Waals surface area contributed by atoms with Crippen LogP contribution < -0.4 is 27.6 Å². The van der Waals surface area contributed by atoms with Gasteiger partial charge in [-0.3, -0.25) is 0 Å². The number of hydrogen-bond donors (Lipinski definition) is 0. The van der Waals surface area contributed by atoms with Crippen LogP contribution in [0.5, 0.6) is 28.7 Å². The molecule has 1 spiro atoms. The fourth-order valence-electron chi connectivity index (χ4n) is 3.22. The number of methoxy groups -OCH3 is 1. The van der Waals surface area contributed by atoms with Crippen molar-refractivity contribution in [3.63, 3.8) is 0 Å². The van der Waals surface area contributed by atoms with Gasteiger partial charge in [-0.15, -0.1) is 0 Å². The summed E-state index contributed by atoms with van der Waals surface area (Å²) in [5.74, 6) is 3.18. The van der Waals surface area contributed by atoms with Gasteiger partial charge >= 0.3 is 145 Å². The van der Waals surface area contributed by atoms with E-state index in [0.29, 0.717) is 28.2 Å². The first-order chi connectivity index (χ1) is 12.2. The number of rotatable bonds is 2. The standard InChI is InChI=1S/C19H15O5Si/c1-20-14-10-12-15(13-11-14)25(21-16-6-2-3-7-17(16)22-25)23-18-8-4-5-9-19(18)24-25/h2-13H,1H3/q-1. The van der Waals surface area contributed by atoms with E-state index in [1.807, 2.05) is 72.8 Å². The van der Waals surface area contributed by atoms with E-state index in [-0.39, 0.29) is 0 Å². The van der Waals surface area contributed by atoms with E-state index in [4.69, 9.17) is 22.4 Å². The van der Waals surface area contributed by atoms with Crippen molar-refractivity contribution in [2.24, 2.45) is 0 Å². The van der Waals surface area contributed by atoms with Gasteiger partial charge in [0.1, 0.15) is 0 Å². The Balaban J connectivity index is 1.71. The molecule has 0 unspecified atom stereocenters. The molecule has 0 N–H and O–H groups in total. The Bertz CT molecular complexity index is 857. The molecule has 0 aromatic heterocycles. The van der Waals surface area contributed by atoms with Crippen molar-refractivity contribution in [2.45, 2.75) is 0 Å². The molecule has 126 valence electrons. The molecule has 0 amide bonds. The van der Waals surface area contributed by atoms with Crippen LogP contribution in [0, 0.1) is 0 Å². The van der Waals surface area contributed by atoms with E-state index in [1.54, 1.807) is 7.11 Å². The normalized spacial score (nSPS) is 19.2. The topological polar surface area (TPSA) is 46.2 Å². The molecule has 0 aliphatic carbocycles. The molecule has 3 aromatic carbocycles. The fourth-order valence-corrected chi connectivity index (χ4v) is 6.84. The third-order valence-corrected chi connectivity index (χ3v) is 7.97. The van der Waals surface area contributed by atoms with Gasteiger partial charge in [0.2, 0.25) is 0 Å². The van der Waals surface area contributed by atoms with Gasteiger partial charge in [0.25, 0.3) is 0 Å². The van der Waals surface area contributed by atoms with Gasteiger partial charge in [-0.25, -0.2) is 0 Å². The summed E-state index contributed by atoms with van der Waals surface area (Å²) in [6, 6.07) is 22.4. The van der Waals surface area contributed by atoms with Crippen LogP contribution in [0.1, 0.15) is 0 Å². The summed E-state index contributed by atoms with van der Waals surface area (Å²) in [4.78, 5) is 0. The second-order valence-corrected chi connectivity index (χ2v) is 9.15. The van der Waals surface area contributed by atoms with Gasteiger partial charge in [-0.1, -0.05) is 0 Å². The molecular weight excluding hydrogens is 336 g/mol. The van der Waals surface area contributed by atoms with Crippen molar-refractivity contribution < 1.29 is 22.4 Å². The first-order valence-corrected chi connectivity index (χ1v) is 10.1. The zero-order valence-electron chi connectivity index (χ0n) is 13.5. The van der Waals surface area contributed by atoms with Crippen LogP contribution in [0.2, 0.25) is 0 Å².